The zero-order valence-corrected chi connectivity index (χ0v) is 18.9. The predicted molar refractivity (Wildman–Crippen MR) is 120 cm³/mol. The average Bonchev–Trinajstić information content (AvgIpc) is 3.29. The zero-order chi connectivity index (χ0) is 24.6. The fraction of sp³-hybridized carbons (Fsp3) is 0.333. The van der Waals surface area contributed by atoms with E-state index in [1.54, 1.807) is 19.9 Å². The molecule has 0 spiro atoms. The number of anilines is 1. The second kappa shape index (κ2) is 9.00. The molecule has 6 nitrogen and oxygen atoms in total. The first-order chi connectivity index (χ1) is 16.1. The first-order valence-electron chi connectivity index (χ1n) is 10.7. The van der Waals surface area contributed by atoms with Crippen molar-refractivity contribution in [2.45, 2.75) is 32.4 Å². The van der Waals surface area contributed by atoms with Crippen LogP contribution in [0.2, 0.25) is 0 Å². The van der Waals surface area contributed by atoms with Gasteiger partial charge in [0.1, 0.15) is 24.1 Å². The van der Waals surface area contributed by atoms with Crippen LogP contribution in [-0.2, 0) is 6.18 Å². The van der Waals surface area contributed by atoms with E-state index in [0.29, 0.717) is 34.1 Å². The lowest BCUT2D eigenvalue weighted by atomic mass is 9.87. The molecule has 180 valence electrons. The number of nitrogens with one attached hydrogen (secondary N) is 1. The molecule has 3 N–H and O–H groups in total. The highest BCUT2D eigenvalue weighted by atomic mass is 19.4. The number of benzene rings is 2. The van der Waals surface area contributed by atoms with Gasteiger partial charge in [0.15, 0.2) is 11.5 Å². The van der Waals surface area contributed by atoms with E-state index in [2.05, 4.69) is 15.3 Å². The van der Waals surface area contributed by atoms with Crippen LogP contribution in [0.15, 0.2) is 36.0 Å². The molecular formula is C24H24F4N4O2. The molecule has 0 bridgehead atoms. The number of ether oxygens (including phenoxy) is 2. The second-order valence-electron chi connectivity index (χ2n) is 8.03. The number of halogens is 4. The summed E-state index contributed by atoms with van der Waals surface area (Å²) >= 11 is 0. The van der Waals surface area contributed by atoms with Gasteiger partial charge in [0, 0.05) is 29.8 Å². The third-order valence-corrected chi connectivity index (χ3v) is 5.79. The van der Waals surface area contributed by atoms with Gasteiger partial charge in [-0.05, 0) is 25.0 Å². The Kier molecular flexibility index (Phi) is 6.24. The molecule has 0 aliphatic carbocycles. The van der Waals surface area contributed by atoms with Crippen molar-refractivity contribution in [3.8, 4) is 11.5 Å². The Morgan fingerprint density at radius 3 is 2.65 bits per heavy atom. The minimum atomic E-state index is -4.84. The summed E-state index contributed by atoms with van der Waals surface area (Å²) in [4.78, 5) is 8.64. The Labute approximate surface area is 193 Å². The number of nitrogens with zero attached hydrogens (tertiary/aromatic N) is 2. The molecule has 0 unspecified atom stereocenters. The summed E-state index contributed by atoms with van der Waals surface area (Å²) < 4.78 is 67.0. The Morgan fingerprint density at radius 2 is 2.00 bits per heavy atom. The number of rotatable bonds is 6. The number of aryl methyl sites for hydroxylation is 1. The number of methoxy groups -OCH3 is 1. The van der Waals surface area contributed by atoms with Crippen molar-refractivity contribution in [2.75, 3.05) is 26.0 Å². The minimum Gasteiger partial charge on any atom is -0.493 e. The number of nitrogens with two attached hydrogens (primary N) is 1. The van der Waals surface area contributed by atoms with Gasteiger partial charge in [0.25, 0.3) is 0 Å². The van der Waals surface area contributed by atoms with Crippen LogP contribution < -0.4 is 20.5 Å². The highest BCUT2D eigenvalue weighted by molar-refractivity contribution is 5.95. The SMILES string of the molecule is COc1cc2nc(C)nc(N)c2c([C@@H](C)c2cccc(C(F)(F)F)c2F)c1OCC1=CCCN1. The van der Waals surface area contributed by atoms with Crippen LogP contribution in [0.3, 0.4) is 0 Å². The van der Waals surface area contributed by atoms with Gasteiger partial charge in [-0.3, -0.25) is 0 Å². The molecule has 3 aromatic rings. The number of hydrogen-bond acceptors (Lipinski definition) is 6. The van der Waals surface area contributed by atoms with Crippen molar-refractivity contribution >= 4 is 16.7 Å². The minimum absolute atomic E-state index is 0.113. The number of hydrogen-bond donors (Lipinski definition) is 2. The maximum atomic E-state index is 15.1. The molecular weight excluding hydrogens is 452 g/mol. The van der Waals surface area contributed by atoms with E-state index in [-0.39, 0.29) is 23.7 Å². The molecule has 0 radical (unpaired) electrons. The molecule has 2 heterocycles. The lowest BCUT2D eigenvalue weighted by Gasteiger charge is -2.24. The van der Waals surface area contributed by atoms with E-state index in [9.17, 15) is 13.2 Å². The molecule has 0 saturated carbocycles. The number of nitrogen functional groups attached to an aromatic ring is 1. The normalized spacial score (nSPS) is 14.6. The van der Waals surface area contributed by atoms with Crippen molar-refractivity contribution in [3.05, 3.63) is 64.4 Å². The van der Waals surface area contributed by atoms with Gasteiger partial charge in [-0.1, -0.05) is 25.1 Å². The molecule has 10 heteroatoms. The molecule has 1 aliphatic heterocycles. The van der Waals surface area contributed by atoms with Crippen LogP contribution >= 0.6 is 0 Å². The number of aromatic nitrogens is 2. The molecule has 1 aliphatic rings. The van der Waals surface area contributed by atoms with Crippen LogP contribution in [0, 0.1) is 12.7 Å². The molecule has 0 amide bonds. The highest BCUT2D eigenvalue weighted by Crippen LogP contribution is 2.46. The highest BCUT2D eigenvalue weighted by Gasteiger charge is 2.36. The fourth-order valence-electron chi connectivity index (χ4n) is 4.22. The fourth-order valence-corrected chi connectivity index (χ4v) is 4.22. The monoisotopic (exact) mass is 476 g/mol. The Hall–Kier alpha value is -3.56. The summed E-state index contributed by atoms with van der Waals surface area (Å²) in [7, 11) is 1.44. The van der Waals surface area contributed by atoms with Gasteiger partial charge in [-0.2, -0.15) is 13.2 Å². The second-order valence-corrected chi connectivity index (χ2v) is 8.03. The first-order valence-corrected chi connectivity index (χ1v) is 10.7. The van der Waals surface area contributed by atoms with E-state index in [0.717, 1.165) is 18.7 Å². The standard InChI is InChI=1S/C24H24F4N4O2/c1-12(15-7-4-8-16(21(15)25)24(26,27)28)19-20-17(31-13(2)32-23(20)29)10-18(33-3)22(19)34-11-14-6-5-9-30-14/h4,6-8,10,12,30H,5,9,11H2,1-3H3,(H2,29,31,32)/t12-/m0/s1. The van der Waals surface area contributed by atoms with Gasteiger partial charge < -0.3 is 20.5 Å². The van der Waals surface area contributed by atoms with Crippen LogP contribution in [0.5, 0.6) is 11.5 Å². The van der Waals surface area contributed by atoms with Gasteiger partial charge in [0.05, 0.1) is 23.6 Å². The van der Waals surface area contributed by atoms with Crippen molar-refractivity contribution in [1.29, 1.82) is 0 Å². The maximum absolute atomic E-state index is 15.1. The summed E-state index contributed by atoms with van der Waals surface area (Å²) in [5.74, 6) is -1.18. The van der Waals surface area contributed by atoms with E-state index in [4.69, 9.17) is 15.2 Å². The predicted octanol–water partition coefficient (Wildman–Crippen LogP) is 5.09. The quantitative estimate of drug-likeness (QED) is 0.482. The summed E-state index contributed by atoms with van der Waals surface area (Å²) in [6.07, 6.45) is -1.99. The largest absolute Gasteiger partial charge is 0.493 e. The summed E-state index contributed by atoms with van der Waals surface area (Å²) in [6.45, 7) is 4.21. The third-order valence-electron chi connectivity index (χ3n) is 5.79. The smallest absolute Gasteiger partial charge is 0.419 e. The van der Waals surface area contributed by atoms with Crippen LogP contribution in [0.25, 0.3) is 10.9 Å². The van der Waals surface area contributed by atoms with Gasteiger partial charge in [0.2, 0.25) is 0 Å². The zero-order valence-electron chi connectivity index (χ0n) is 18.9. The molecule has 1 aromatic heterocycles. The third kappa shape index (κ3) is 4.32. The molecule has 2 aromatic carbocycles. The van der Waals surface area contributed by atoms with E-state index >= 15 is 4.39 Å². The van der Waals surface area contributed by atoms with Gasteiger partial charge in [-0.15, -0.1) is 0 Å². The van der Waals surface area contributed by atoms with Crippen molar-refractivity contribution < 1.29 is 27.0 Å². The number of alkyl halides is 3. The van der Waals surface area contributed by atoms with Crippen molar-refractivity contribution in [2.24, 2.45) is 0 Å². The van der Waals surface area contributed by atoms with Crippen LogP contribution in [0.4, 0.5) is 23.4 Å². The van der Waals surface area contributed by atoms with Crippen LogP contribution in [0.1, 0.15) is 41.8 Å². The van der Waals surface area contributed by atoms with Crippen LogP contribution in [-0.4, -0.2) is 30.2 Å². The Balaban J connectivity index is 1.96. The first kappa shape index (κ1) is 23.6. The van der Waals surface area contributed by atoms with Crippen molar-refractivity contribution in [1.82, 2.24) is 15.3 Å². The van der Waals surface area contributed by atoms with E-state index in [1.807, 2.05) is 6.08 Å². The van der Waals surface area contributed by atoms with E-state index in [1.165, 1.54) is 19.2 Å². The average molecular weight is 476 g/mol. The molecule has 34 heavy (non-hydrogen) atoms. The summed E-state index contributed by atoms with van der Waals surface area (Å²) in [6, 6.07) is 4.84. The lowest BCUT2D eigenvalue weighted by molar-refractivity contribution is -0.140. The van der Waals surface area contributed by atoms with E-state index < -0.39 is 23.5 Å². The maximum Gasteiger partial charge on any atom is 0.419 e. The summed E-state index contributed by atoms with van der Waals surface area (Å²) in [5.41, 5.74) is 6.37. The Bertz CT molecular complexity index is 1270. The van der Waals surface area contributed by atoms with Gasteiger partial charge in [-0.25, -0.2) is 14.4 Å². The molecule has 1 atom stereocenters. The lowest BCUT2D eigenvalue weighted by Crippen LogP contribution is -2.16. The van der Waals surface area contributed by atoms with Crippen molar-refractivity contribution in [3.63, 3.8) is 0 Å². The Morgan fingerprint density at radius 1 is 1.24 bits per heavy atom. The summed E-state index contributed by atoms with van der Waals surface area (Å²) in [5, 5.41) is 3.57. The molecule has 0 saturated heterocycles. The number of fused-ring (bicyclic) bond motifs is 1. The van der Waals surface area contributed by atoms with Gasteiger partial charge >= 0.3 is 6.18 Å². The molecule has 0 fully saturated rings. The topological polar surface area (TPSA) is 82.3 Å². The molecule has 4 rings (SSSR count).